The number of anilines is 6. The largest absolute Gasteiger partial charge is 0.388 e. The fraction of sp³-hybridized carbons (Fsp3) is 0.588. The second kappa shape index (κ2) is 25.0. The van der Waals surface area contributed by atoms with Crippen molar-refractivity contribution in [3.8, 4) is 0 Å². The van der Waals surface area contributed by atoms with Gasteiger partial charge in [0.15, 0.2) is 34.0 Å². The molecule has 7 heterocycles. The van der Waals surface area contributed by atoms with Gasteiger partial charge < -0.3 is 91.4 Å². The maximum absolute atomic E-state index is 12.0. The summed E-state index contributed by atoms with van der Waals surface area (Å²) in [6.45, 7) is -0.504. The fourth-order valence-electron chi connectivity index (χ4n) is 11.8. The number of amides is 2. The molecule has 0 aliphatic heterocycles. The molecule has 0 saturated heterocycles. The lowest BCUT2D eigenvalue weighted by Gasteiger charge is -2.31. The Labute approximate surface area is 480 Å². The number of aliphatic hydroxyl groups is 6. The zero-order valence-corrected chi connectivity index (χ0v) is 46.5. The number of imidazole rings is 4. The van der Waals surface area contributed by atoms with Gasteiger partial charge in [-0.15, -0.1) is 0 Å². The number of carbonyl (C=O) groups excluding carboxylic acids is 2. The Hall–Kier alpha value is -7.68. The van der Waals surface area contributed by atoms with Crippen LogP contribution in [0.3, 0.4) is 0 Å². The predicted molar refractivity (Wildman–Crippen MR) is 302 cm³/mol. The molecule has 11 rings (SSSR count). The van der Waals surface area contributed by atoms with Crippen LogP contribution in [0.5, 0.6) is 0 Å². The van der Waals surface area contributed by atoms with E-state index in [1.165, 1.54) is 0 Å². The van der Waals surface area contributed by atoms with E-state index >= 15 is 0 Å². The highest BCUT2D eigenvalue weighted by Gasteiger charge is 2.45. The first-order valence-electron chi connectivity index (χ1n) is 28.1. The third kappa shape index (κ3) is 13.1. The highest BCUT2D eigenvalue weighted by molar-refractivity contribution is 6.28. The summed E-state index contributed by atoms with van der Waals surface area (Å²) >= 11 is 6.52. The van der Waals surface area contributed by atoms with Crippen LogP contribution < -0.4 is 42.5 Å². The Balaban J connectivity index is 0.711. The molecule has 32 heteroatoms. The molecule has 2 amide bonds. The topological polar surface area (TPSA) is 413 Å². The van der Waals surface area contributed by atoms with Gasteiger partial charge in [-0.3, -0.25) is 9.59 Å². The summed E-state index contributed by atoms with van der Waals surface area (Å²) in [5.41, 5.74) is 3.63. The van der Waals surface area contributed by atoms with E-state index in [9.17, 15) is 40.2 Å². The van der Waals surface area contributed by atoms with E-state index in [0.29, 0.717) is 83.7 Å². The van der Waals surface area contributed by atoms with E-state index < -0.39 is 73.6 Å². The molecular formula is C51H70ClN23O8. The van der Waals surface area contributed by atoms with Crippen LogP contribution >= 0.6 is 11.6 Å². The fourth-order valence-corrected chi connectivity index (χ4v) is 12.0. The number of nitrogens with one attached hydrogen (secondary N) is 8. The average Bonchev–Trinajstić information content (AvgIpc) is 3.72. The SMILES string of the molecule is Cn1cnc(CCNc2nc(NC3CCC(Nc4nc(Cl)nc(NC5CCC(Nc6nc(NCCc7cn(C)cn7)nc7c6ncn7[C@@H]6C[C@H](NC(=O)CO)[C@@H](O)[C@H]6O)CC5)n4)CC3)c3ncn([C@@H]4C[C@H](NC(=O)CO)[C@@H](O)[C@H]4O)c3n2)c1. The second-order valence-corrected chi connectivity index (χ2v) is 22.4. The molecule has 83 heavy (non-hydrogen) atoms. The molecule has 444 valence electrons. The molecule has 7 aromatic rings. The Morgan fingerprint density at radius 1 is 0.518 bits per heavy atom. The summed E-state index contributed by atoms with van der Waals surface area (Å²) < 4.78 is 7.17. The second-order valence-electron chi connectivity index (χ2n) is 22.0. The first kappa shape index (κ1) is 57.2. The van der Waals surface area contributed by atoms with E-state index in [1.807, 2.05) is 35.6 Å². The van der Waals surface area contributed by atoms with Gasteiger partial charge in [0.2, 0.25) is 40.9 Å². The minimum Gasteiger partial charge on any atom is -0.388 e. The number of aromatic nitrogens is 15. The van der Waals surface area contributed by atoms with Gasteiger partial charge in [0.1, 0.15) is 37.6 Å². The third-order valence-corrected chi connectivity index (χ3v) is 16.3. The van der Waals surface area contributed by atoms with Gasteiger partial charge in [-0.2, -0.15) is 34.9 Å². The van der Waals surface area contributed by atoms with Crippen molar-refractivity contribution in [1.82, 2.24) is 83.7 Å². The van der Waals surface area contributed by atoms with Gasteiger partial charge in [0, 0.05) is 76.6 Å². The van der Waals surface area contributed by atoms with Crippen LogP contribution in [-0.2, 0) is 36.5 Å². The number of hydrogen-bond acceptors (Lipinski definition) is 25. The zero-order valence-electron chi connectivity index (χ0n) is 45.8. The number of halogens is 1. The van der Waals surface area contributed by atoms with E-state index in [4.69, 9.17) is 36.5 Å². The lowest BCUT2D eigenvalue weighted by Crippen LogP contribution is -2.44. The van der Waals surface area contributed by atoms with Crippen LogP contribution in [0.4, 0.5) is 35.4 Å². The summed E-state index contributed by atoms with van der Waals surface area (Å²) in [5, 5.41) is 88.8. The lowest BCUT2D eigenvalue weighted by atomic mass is 9.91. The molecule has 31 nitrogen and oxygen atoms in total. The van der Waals surface area contributed by atoms with E-state index in [-0.39, 0.29) is 42.3 Å². The minimum atomic E-state index is -1.28. The molecule has 14 N–H and O–H groups in total. The van der Waals surface area contributed by atoms with Crippen LogP contribution in [-0.4, -0.2) is 203 Å². The Morgan fingerprint density at radius 2 is 0.916 bits per heavy atom. The molecule has 4 aliphatic carbocycles. The van der Waals surface area contributed by atoms with Crippen LogP contribution in [0, 0.1) is 0 Å². The quantitative estimate of drug-likeness (QED) is 0.0408. The number of nitrogens with zero attached hydrogens (tertiary/aromatic N) is 15. The predicted octanol–water partition coefficient (Wildman–Crippen LogP) is -0.462. The van der Waals surface area contributed by atoms with E-state index in [0.717, 1.165) is 62.8 Å². The molecule has 0 spiro atoms. The molecule has 4 fully saturated rings. The molecule has 0 bridgehead atoms. The molecular weight excluding hydrogens is 1100 g/mol. The number of aliphatic hydroxyl groups excluding tert-OH is 6. The first-order chi connectivity index (χ1) is 40.1. The van der Waals surface area contributed by atoms with Crippen molar-refractivity contribution in [2.24, 2.45) is 14.1 Å². The summed E-state index contributed by atoms with van der Waals surface area (Å²) in [4.78, 5) is 75.2. The average molecular weight is 1170 g/mol. The molecule has 4 saturated carbocycles. The van der Waals surface area contributed by atoms with Crippen LogP contribution in [0.25, 0.3) is 22.3 Å². The number of carbonyl (C=O) groups is 2. The van der Waals surface area contributed by atoms with Crippen molar-refractivity contribution < 1.29 is 40.2 Å². The van der Waals surface area contributed by atoms with Gasteiger partial charge >= 0.3 is 0 Å². The lowest BCUT2D eigenvalue weighted by molar-refractivity contribution is -0.126. The molecule has 0 unspecified atom stereocenters. The zero-order chi connectivity index (χ0) is 57.9. The van der Waals surface area contributed by atoms with Crippen LogP contribution in [0.2, 0.25) is 5.28 Å². The van der Waals surface area contributed by atoms with E-state index in [2.05, 4.69) is 72.4 Å². The number of hydrogen-bond donors (Lipinski definition) is 14. The normalized spacial score (nSPS) is 26.3. The molecule has 4 aliphatic rings. The maximum atomic E-state index is 12.0. The summed E-state index contributed by atoms with van der Waals surface area (Å²) in [7, 11) is 3.82. The van der Waals surface area contributed by atoms with Gasteiger partial charge in [0.05, 0.1) is 60.9 Å². The first-order valence-corrected chi connectivity index (χ1v) is 28.4. The summed E-state index contributed by atoms with van der Waals surface area (Å²) in [5.74, 6) is 1.12. The van der Waals surface area contributed by atoms with Crippen molar-refractivity contribution in [3.05, 3.63) is 54.4 Å². The van der Waals surface area contributed by atoms with Crippen molar-refractivity contribution in [2.45, 2.75) is 150 Å². The van der Waals surface area contributed by atoms with Crippen LogP contribution in [0.1, 0.15) is 87.7 Å². The monoisotopic (exact) mass is 1170 g/mol. The standard InChI is InChI=1S/C51H70ClN23O8/c1-72-17-29(55-21-72)11-13-53-48-65-43(37-45(67-48)74(23-57-37)33-15-31(39(80)41(33)82)63-35(78)19-76)59-25-3-7-27(8-4-25)61-50-69-47(52)70-51(71-50)62-28-9-5-26(6-10-28)60-44-38-46(68-49(66-44)54-14-12-30-18-73(2)22-56-30)75(24-58-38)34-16-32(40(81)42(34)83)64-36(79)20-77/h17-18,21-28,31-34,39-42,76-77,80-83H,3-16,19-20H2,1-2H3,(H,63,78)(H,64,79)(H2,53,59,65,67)(H2,54,60,66,68)(H2,61,62,69,70,71)/t25?,26?,27?,28?,31-,32-,33+,34+,39+,40+,41-,42-/m0/s1. The van der Waals surface area contributed by atoms with Crippen molar-refractivity contribution >= 4 is 81.2 Å². The minimum absolute atomic E-state index is 0.0154. The maximum Gasteiger partial charge on any atom is 0.246 e. The molecule has 8 atom stereocenters. The highest BCUT2D eigenvalue weighted by Crippen LogP contribution is 2.37. The van der Waals surface area contributed by atoms with Gasteiger partial charge in [-0.25, -0.2) is 19.9 Å². The summed E-state index contributed by atoms with van der Waals surface area (Å²) in [6.07, 6.45) is 13.2. The van der Waals surface area contributed by atoms with Crippen LogP contribution in [0.15, 0.2) is 37.7 Å². The molecule has 0 radical (unpaired) electrons. The number of fused-ring (bicyclic) bond motifs is 2. The van der Waals surface area contributed by atoms with Gasteiger partial charge in [-0.05, 0) is 75.8 Å². The Kier molecular flexibility index (Phi) is 17.2. The molecule has 7 aromatic heterocycles. The van der Waals surface area contributed by atoms with E-state index in [1.54, 1.807) is 34.4 Å². The van der Waals surface area contributed by atoms with Gasteiger partial charge in [-0.1, -0.05) is 0 Å². The smallest absolute Gasteiger partial charge is 0.246 e. The van der Waals surface area contributed by atoms with Crippen molar-refractivity contribution in [3.63, 3.8) is 0 Å². The molecule has 0 aromatic carbocycles. The number of aryl methyl sites for hydroxylation is 2. The van der Waals surface area contributed by atoms with Crippen molar-refractivity contribution in [2.75, 3.05) is 58.2 Å². The Morgan fingerprint density at radius 3 is 1.29 bits per heavy atom. The Bertz CT molecular complexity index is 3160. The van der Waals surface area contributed by atoms with Gasteiger partial charge in [0.25, 0.3) is 0 Å². The number of rotatable bonds is 22. The third-order valence-electron chi connectivity index (χ3n) is 16.1. The highest BCUT2D eigenvalue weighted by atomic mass is 35.5. The summed E-state index contributed by atoms with van der Waals surface area (Å²) in [6, 6.07) is -2.84. The van der Waals surface area contributed by atoms with Crippen molar-refractivity contribution in [1.29, 1.82) is 0 Å².